The molecule has 0 atom stereocenters. The average molecular weight is 364 g/mol. The fourth-order valence-corrected chi connectivity index (χ4v) is 2.90. The van der Waals surface area contributed by atoms with E-state index in [2.05, 4.69) is 10.3 Å². The molecule has 0 amide bonds. The van der Waals surface area contributed by atoms with Crippen LogP contribution in [0.3, 0.4) is 0 Å². The van der Waals surface area contributed by atoms with Gasteiger partial charge in [-0.1, -0.05) is 17.3 Å². The number of phenols is 1. The summed E-state index contributed by atoms with van der Waals surface area (Å²) in [5.74, 6) is -1.25. The van der Waals surface area contributed by atoms with E-state index in [1.165, 1.54) is 19.2 Å². The van der Waals surface area contributed by atoms with Gasteiger partial charge in [-0.25, -0.2) is 9.07 Å². The van der Waals surface area contributed by atoms with Gasteiger partial charge in [-0.15, -0.1) is 5.10 Å². The predicted octanol–water partition coefficient (Wildman–Crippen LogP) is 3.79. The van der Waals surface area contributed by atoms with Crippen LogP contribution in [0.2, 0.25) is 0 Å². The number of methoxy groups -OCH3 is 1. The van der Waals surface area contributed by atoms with Crippen LogP contribution >= 0.6 is 0 Å². The van der Waals surface area contributed by atoms with Crippen LogP contribution in [0.1, 0.15) is 0 Å². The molecule has 4 aromatic rings. The fourth-order valence-electron chi connectivity index (χ4n) is 2.90. The Labute approximate surface area is 155 Å². The molecule has 2 aromatic heterocycles. The molecule has 2 heterocycles. The third-order valence-electron chi connectivity index (χ3n) is 4.31. The first-order valence-electron chi connectivity index (χ1n) is 8.27. The Morgan fingerprint density at radius 2 is 1.89 bits per heavy atom. The molecule has 1 N–H and O–H groups in total. The first-order valence-corrected chi connectivity index (χ1v) is 8.27. The van der Waals surface area contributed by atoms with Crippen LogP contribution in [0, 0.1) is 5.82 Å². The summed E-state index contributed by atoms with van der Waals surface area (Å²) in [5, 5.41) is 17.9. The van der Waals surface area contributed by atoms with Gasteiger partial charge in [0.15, 0.2) is 17.3 Å². The molecule has 0 bridgehead atoms. The average Bonchev–Trinajstić information content (AvgIpc) is 3.33. The molecule has 0 saturated carbocycles. The Kier molecular flexibility index (Phi) is 4.12. The predicted molar refractivity (Wildman–Crippen MR) is 99.4 cm³/mol. The Bertz CT molecular complexity index is 1120. The molecule has 0 aliphatic heterocycles. The van der Waals surface area contributed by atoms with Crippen molar-refractivity contribution in [3.63, 3.8) is 0 Å². The highest BCUT2D eigenvalue weighted by Gasteiger charge is 2.14. The summed E-state index contributed by atoms with van der Waals surface area (Å²) in [7, 11) is 3.34. The van der Waals surface area contributed by atoms with Crippen molar-refractivity contribution < 1.29 is 14.2 Å². The molecule has 7 heteroatoms. The second-order valence-electron chi connectivity index (χ2n) is 6.17. The highest BCUT2D eigenvalue weighted by molar-refractivity contribution is 5.66. The van der Waals surface area contributed by atoms with Crippen LogP contribution in [-0.4, -0.2) is 31.8 Å². The molecular weight excluding hydrogens is 347 g/mol. The summed E-state index contributed by atoms with van der Waals surface area (Å²) in [4.78, 5) is 0. The van der Waals surface area contributed by atoms with Crippen LogP contribution in [0.5, 0.6) is 11.5 Å². The highest BCUT2D eigenvalue weighted by Crippen LogP contribution is 2.34. The lowest BCUT2D eigenvalue weighted by atomic mass is 10.1. The zero-order valence-corrected chi connectivity index (χ0v) is 14.8. The van der Waals surface area contributed by atoms with Gasteiger partial charge in [0.1, 0.15) is 5.69 Å². The molecule has 0 fully saturated rings. The van der Waals surface area contributed by atoms with Gasteiger partial charge in [0.2, 0.25) is 0 Å². The van der Waals surface area contributed by atoms with Crippen molar-refractivity contribution >= 4 is 0 Å². The van der Waals surface area contributed by atoms with Gasteiger partial charge in [-0.3, -0.25) is 0 Å². The van der Waals surface area contributed by atoms with Crippen molar-refractivity contribution in [3.05, 3.63) is 66.9 Å². The van der Waals surface area contributed by atoms with Crippen molar-refractivity contribution in [1.29, 1.82) is 0 Å². The number of hydrogen-bond acceptors (Lipinski definition) is 4. The minimum absolute atomic E-state index is 0.0469. The maximum Gasteiger partial charge on any atom is 0.194 e. The first kappa shape index (κ1) is 16.8. The molecule has 0 radical (unpaired) electrons. The molecule has 0 saturated heterocycles. The summed E-state index contributed by atoms with van der Waals surface area (Å²) < 4.78 is 22.5. The van der Waals surface area contributed by atoms with E-state index in [-0.39, 0.29) is 5.75 Å². The summed E-state index contributed by atoms with van der Waals surface area (Å²) in [5.41, 5.74) is 3.93. The molecule has 0 aliphatic carbocycles. The summed E-state index contributed by atoms with van der Waals surface area (Å²) in [6, 6.07) is 12.7. The van der Waals surface area contributed by atoms with Crippen molar-refractivity contribution in [2.75, 3.05) is 7.11 Å². The van der Waals surface area contributed by atoms with E-state index in [9.17, 15) is 9.50 Å². The molecule has 0 unspecified atom stereocenters. The lowest BCUT2D eigenvalue weighted by molar-refractivity contribution is 0.357. The molecule has 27 heavy (non-hydrogen) atoms. The number of aromatic hydroxyl groups is 1. The zero-order valence-electron chi connectivity index (χ0n) is 14.8. The first-order chi connectivity index (χ1) is 13.0. The Balaban J connectivity index is 1.70. The van der Waals surface area contributed by atoms with Crippen LogP contribution in [0.25, 0.3) is 28.1 Å². The van der Waals surface area contributed by atoms with Crippen molar-refractivity contribution in [3.8, 4) is 39.6 Å². The third-order valence-corrected chi connectivity index (χ3v) is 4.31. The topological polar surface area (TPSA) is 65.1 Å². The number of ether oxygens (including phenoxy) is 1. The minimum Gasteiger partial charge on any atom is -0.502 e. The second kappa shape index (κ2) is 6.60. The zero-order chi connectivity index (χ0) is 19.0. The Hall–Kier alpha value is -3.61. The Morgan fingerprint density at radius 3 is 2.63 bits per heavy atom. The van der Waals surface area contributed by atoms with Gasteiger partial charge in [0.25, 0.3) is 0 Å². The quantitative estimate of drug-likeness (QED) is 0.598. The molecule has 0 aliphatic rings. The maximum atomic E-state index is 13.9. The lowest BCUT2D eigenvalue weighted by Crippen LogP contribution is -1.94. The number of phenolic OH excluding ortho intramolecular Hbond substituents is 1. The van der Waals surface area contributed by atoms with Crippen molar-refractivity contribution in [1.82, 2.24) is 19.6 Å². The lowest BCUT2D eigenvalue weighted by Gasteiger charge is -2.06. The van der Waals surface area contributed by atoms with Gasteiger partial charge < -0.3 is 14.4 Å². The molecule has 136 valence electrons. The molecule has 6 nitrogen and oxygen atoms in total. The maximum absolute atomic E-state index is 13.9. The summed E-state index contributed by atoms with van der Waals surface area (Å²) >= 11 is 0. The summed E-state index contributed by atoms with van der Waals surface area (Å²) in [6.07, 6.45) is 5.73. The van der Waals surface area contributed by atoms with E-state index in [0.29, 0.717) is 11.3 Å². The summed E-state index contributed by atoms with van der Waals surface area (Å²) in [6.45, 7) is 0. The number of nitrogens with zero attached hydrogens (tertiary/aromatic N) is 4. The third kappa shape index (κ3) is 3.15. The van der Waals surface area contributed by atoms with Gasteiger partial charge in [-0.05, 0) is 41.5 Å². The number of aryl methyl sites for hydroxylation is 1. The fraction of sp³-hybridized carbons (Fsp3) is 0.100. The van der Waals surface area contributed by atoms with Crippen molar-refractivity contribution in [2.45, 2.75) is 0 Å². The minimum atomic E-state index is -0.773. The largest absolute Gasteiger partial charge is 0.502 e. The van der Waals surface area contributed by atoms with Crippen LogP contribution < -0.4 is 4.74 Å². The second-order valence-corrected chi connectivity index (χ2v) is 6.17. The molecule has 0 spiro atoms. The molecule has 4 rings (SSSR count). The van der Waals surface area contributed by atoms with Crippen LogP contribution in [0.15, 0.2) is 61.1 Å². The highest BCUT2D eigenvalue weighted by atomic mass is 19.1. The Morgan fingerprint density at radius 1 is 1.04 bits per heavy atom. The SMILES string of the molecule is COc1cc(-c2cn(-c3cccc(-c4ccn(C)c4)c3)nn2)cc(F)c1O. The van der Waals surface area contributed by atoms with E-state index >= 15 is 0 Å². The monoisotopic (exact) mass is 364 g/mol. The van der Waals surface area contributed by atoms with Gasteiger partial charge in [0.05, 0.1) is 19.0 Å². The van der Waals surface area contributed by atoms with Gasteiger partial charge in [-0.2, -0.15) is 0 Å². The van der Waals surface area contributed by atoms with Gasteiger partial charge >= 0.3 is 0 Å². The van der Waals surface area contributed by atoms with Gasteiger partial charge in [0, 0.05) is 25.0 Å². The number of halogens is 1. The van der Waals surface area contributed by atoms with Crippen molar-refractivity contribution in [2.24, 2.45) is 7.05 Å². The van der Waals surface area contributed by atoms with E-state index < -0.39 is 11.6 Å². The standard InChI is InChI=1S/C20H17FN4O2/c1-24-7-6-14(11-24)13-4-3-5-16(8-13)25-12-18(22-23-25)15-9-17(21)20(26)19(10-15)27-2/h3-12,26H,1-2H3. The van der Waals surface area contributed by atoms with E-state index in [1.807, 2.05) is 54.3 Å². The number of benzene rings is 2. The smallest absolute Gasteiger partial charge is 0.194 e. The number of rotatable bonds is 4. The van der Waals surface area contributed by atoms with Crippen LogP contribution in [0.4, 0.5) is 4.39 Å². The van der Waals surface area contributed by atoms with Crippen LogP contribution in [-0.2, 0) is 7.05 Å². The molecule has 2 aromatic carbocycles. The normalized spacial score (nSPS) is 10.9. The molecular formula is C20H17FN4O2. The number of aromatic nitrogens is 4. The van der Waals surface area contributed by atoms with E-state index in [0.717, 1.165) is 16.8 Å². The van der Waals surface area contributed by atoms with E-state index in [1.54, 1.807) is 10.9 Å². The number of hydrogen-bond donors (Lipinski definition) is 1. The van der Waals surface area contributed by atoms with E-state index in [4.69, 9.17) is 4.74 Å².